The third-order valence-electron chi connectivity index (χ3n) is 3.07. The van der Waals surface area contributed by atoms with Crippen molar-refractivity contribution in [1.29, 1.82) is 0 Å². The summed E-state index contributed by atoms with van der Waals surface area (Å²) in [7, 11) is 0. The van der Waals surface area contributed by atoms with E-state index in [4.69, 9.17) is 23.8 Å². The van der Waals surface area contributed by atoms with Crippen molar-refractivity contribution >= 4 is 51.2 Å². The van der Waals surface area contributed by atoms with Crippen LogP contribution in [-0.4, -0.2) is 15.2 Å². The summed E-state index contributed by atoms with van der Waals surface area (Å²) in [6, 6.07) is 10.8. The molecule has 0 saturated carbocycles. The maximum absolute atomic E-state index is 12.8. The van der Waals surface area contributed by atoms with E-state index in [0.29, 0.717) is 21.6 Å². The zero-order valence-electron chi connectivity index (χ0n) is 11.5. The highest BCUT2D eigenvalue weighted by Gasteiger charge is 2.12. The Balaban J connectivity index is 1.82. The molecule has 2 aromatic carbocycles. The molecule has 0 fully saturated rings. The monoisotopic (exact) mass is 348 g/mol. The maximum atomic E-state index is 12.8. The van der Waals surface area contributed by atoms with Crippen LogP contribution in [0, 0.1) is 5.82 Å². The molecule has 0 bridgehead atoms. The first-order valence-electron chi connectivity index (χ1n) is 6.52. The van der Waals surface area contributed by atoms with Gasteiger partial charge in [0, 0.05) is 11.1 Å². The number of anilines is 1. The highest BCUT2D eigenvalue weighted by molar-refractivity contribution is 7.80. The SMILES string of the molecule is Oc1[nH]c2c(Cl)cccc2c1N=NC(=S)Nc1ccc(F)cc1. The number of para-hydroxylation sites is 1. The van der Waals surface area contributed by atoms with Crippen LogP contribution >= 0.6 is 23.8 Å². The zero-order valence-corrected chi connectivity index (χ0v) is 13.1. The first kappa shape index (κ1) is 15.4. The molecule has 0 aliphatic carbocycles. The molecule has 0 amide bonds. The minimum atomic E-state index is -0.344. The number of nitrogens with one attached hydrogen (secondary N) is 2. The Kier molecular flexibility index (Phi) is 4.22. The van der Waals surface area contributed by atoms with Crippen molar-refractivity contribution in [2.75, 3.05) is 5.32 Å². The first-order valence-corrected chi connectivity index (χ1v) is 7.30. The Morgan fingerprint density at radius 1 is 1.22 bits per heavy atom. The number of aromatic hydroxyl groups is 1. The molecule has 0 aliphatic rings. The molecule has 5 nitrogen and oxygen atoms in total. The van der Waals surface area contributed by atoms with Crippen molar-refractivity contribution in [2.24, 2.45) is 10.2 Å². The van der Waals surface area contributed by atoms with Crippen LogP contribution in [0.4, 0.5) is 15.8 Å². The number of aromatic nitrogens is 1. The number of halogens is 2. The maximum Gasteiger partial charge on any atom is 0.218 e. The van der Waals surface area contributed by atoms with Gasteiger partial charge in [-0.15, -0.1) is 10.2 Å². The van der Waals surface area contributed by atoms with Gasteiger partial charge in [-0.1, -0.05) is 23.7 Å². The summed E-state index contributed by atoms with van der Waals surface area (Å²) in [4.78, 5) is 2.74. The van der Waals surface area contributed by atoms with E-state index in [9.17, 15) is 9.50 Å². The highest BCUT2D eigenvalue weighted by Crippen LogP contribution is 2.38. The molecule has 0 saturated heterocycles. The second-order valence-corrected chi connectivity index (χ2v) is 5.42. The van der Waals surface area contributed by atoms with Crippen LogP contribution in [-0.2, 0) is 0 Å². The largest absolute Gasteiger partial charge is 0.493 e. The number of azo groups is 1. The van der Waals surface area contributed by atoms with Gasteiger partial charge in [-0.2, -0.15) is 0 Å². The van der Waals surface area contributed by atoms with Gasteiger partial charge in [0.1, 0.15) is 5.82 Å². The van der Waals surface area contributed by atoms with E-state index in [1.807, 2.05) is 0 Å². The van der Waals surface area contributed by atoms with Gasteiger partial charge in [0.25, 0.3) is 0 Å². The van der Waals surface area contributed by atoms with Crippen LogP contribution in [0.25, 0.3) is 10.9 Å². The molecule has 116 valence electrons. The topological polar surface area (TPSA) is 72.8 Å². The number of thiocarbonyl (C=S) groups is 1. The lowest BCUT2D eigenvalue weighted by Crippen LogP contribution is -2.04. The predicted octanol–water partition coefficient (Wildman–Crippen LogP) is 5.15. The third-order valence-corrected chi connectivity index (χ3v) is 3.57. The third kappa shape index (κ3) is 3.30. The van der Waals surface area contributed by atoms with E-state index in [1.54, 1.807) is 18.2 Å². The molecule has 0 atom stereocenters. The molecular weight excluding hydrogens is 339 g/mol. The van der Waals surface area contributed by atoms with E-state index in [2.05, 4.69) is 20.5 Å². The van der Waals surface area contributed by atoms with Crippen molar-refractivity contribution < 1.29 is 9.50 Å². The van der Waals surface area contributed by atoms with Crippen molar-refractivity contribution in [3.63, 3.8) is 0 Å². The van der Waals surface area contributed by atoms with E-state index in [0.717, 1.165) is 0 Å². The van der Waals surface area contributed by atoms with Gasteiger partial charge in [-0.05, 0) is 42.5 Å². The number of hydrogen-bond donors (Lipinski definition) is 3. The lowest BCUT2D eigenvalue weighted by atomic mass is 10.2. The summed E-state index contributed by atoms with van der Waals surface area (Å²) in [6.07, 6.45) is 0. The minimum Gasteiger partial charge on any atom is -0.493 e. The normalized spacial score (nSPS) is 11.2. The fourth-order valence-electron chi connectivity index (χ4n) is 2.03. The van der Waals surface area contributed by atoms with E-state index in [-0.39, 0.29) is 22.5 Å². The predicted molar refractivity (Wildman–Crippen MR) is 92.1 cm³/mol. The van der Waals surface area contributed by atoms with Gasteiger partial charge < -0.3 is 15.4 Å². The van der Waals surface area contributed by atoms with Gasteiger partial charge in [-0.3, -0.25) is 0 Å². The van der Waals surface area contributed by atoms with Crippen molar-refractivity contribution in [3.05, 3.63) is 53.3 Å². The number of H-pyrrole nitrogens is 1. The minimum absolute atomic E-state index is 0.0763. The van der Waals surface area contributed by atoms with Gasteiger partial charge in [0.05, 0.1) is 10.5 Å². The van der Waals surface area contributed by atoms with E-state index >= 15 is 0 Å². The Bertz CT molecular complexity index is 908. The fraction of sp³-hybridized carbons (Fsp3) is 0. The summed E-state index contributed by atoms with van der Waals surface area (Å²) in [6.45, 7) is 0. The smallest absolute Gasteiger partial charge is 0.218 e. The van der Waals surface area contributed by atoms with Crippen molar-refractivity contribution in [1.82, 2.24) is 4.98 Å². The molecule has 3 rings (SSSR count). The number of benzene rings is 2. The molecule has 8 heteroatoms. The van der Waals surface area contributed by atoms with Gasteiger partial charge in [0.15, 0.2) is 5.69 Å². The molecule has 3 N–H and O–H groups in total. The number of rotatable bonds is 2. The van der Waals surface area contributed by atoms with Crippen LogP contribution in [0.5, 0.6) is 5.88 Å². The molecule has 0 spiro atoms. The van der Waals surface area contributed by atoms with Crippen LogP contribution in [0.15, 0.2) is 52.7 Å². The van der Waals surface area contributed by atoms with Crippen molar-refractivity contribution in [2.45, 2.75) is 0 Å². The molecule has 0 aliphatic heterocycles. The zero-order chi connectivity index (χ0) is 16.4. The van der Waals surface area contributed by atoms with Crippen LogP contribution in [0.2, 0.25) is 5.02 Å². The average Bonchev–Trinajstić information content (AvgIpc) is 2.85. The summed E-state index contributed by atoms with van der Waals surface area (Å²) < 4.78 is 12.8. The lowest BCUT2D eigenvalue weighted by Gasteiger charge is -2.02. The molecule has 0 unspecified atom stereocenters. The molecule has 0 radical (unpaired) electrons. The molecule has 23 heavy (non-hydrogen) atoms. The van der Waals surface area contributed by atoms with Gasteiger partial charge in [0.2, 0.25) is 11.0 Å². The standard InChI is InChI=1S/C15H10ClFN4OS/c16-11-3-1-2-10-12(11)19-14(22)13(10)20-21-15(23)18-9-6-4-8(17)5-7-9/h1-7,19,22H,(H,18,23). The summed E-state index contributed by atoms with van der Waals surface area (Å²) in [5.74, 6) is -0.495. The Morgan fingerprint density at radius 3 is 2.70 bits per heavy atom. The van der Waals surface area contributed by atoms with E-state index < -0.39 is 0 Å². The Morgan fingerprint density at radius 2 is 1.96 bits per heavy atom. The summed E-state index contributed by atoms with van der Waals surface area (Å²) in [5.41, 5.74) is 1.39. The average molecular weight is 349 g/mol. The fourth-order valence-corrected chi connectivity index (χ4v) is 2.41. The van der Waals surface area contributed by atoms with Crippen LogP contribution in [0.1, 0.15) is 0 Å². The molecule has 1 heterocycles. The summed E-state index contributed by atoms with van der Waals surface area (Å²) >= 11 is 11.1. The number of hydrogen-bond acceptors (Lipinski definition) is 3. The van der Waals surface area contributed by atoms with Crippen molar-refractivity contribution in [3.8, 4) is 5.88 Å². The van der Waals surface area contributed by atoms with Gasteiger partial charge >= 0.3 is 0 Å². The Hall–Kier alpha value is -2.51. The molecule has 1 aromatic heterocycles. The van der Waals surface area contributed by atoms with E-state index in [1.165, 1.54) is 24.3 Å². The van der Waals surface area contributed by atoms with Crippen LogP contribution < -0.4 is 5.32 Å². The van der Waals surface area contributed by atoms with Gasteiger partial charge in [-0.25, -0.2) is 4.39 Å². The number of nitrogens with zero attached hydrogens (tertiary/aromatic N) is 2. The quantitative estimate of drug-likeness (QED) is 0.443. The second-order valence-electron chi connectivity index (χ2n) is 4.62. The lowest BCUT2D eigenvalue weighted by molar-refractivity contribution is 0.459. The first-order chi connectivity index (χ1) is 11.0. The van der Waals surface area contributed by atoms with Crippen LogP contribution in [0.3, 0.4) is 0 Å². The molecular formula is C15H10ClFN4OS. The summed E-state index contributed by atoms with van der Waals surface area (Å²) in [5, 5.41) is 21.7. The molecule has 3 aromatic rings. The highest BCUT2D eigenvalue weighted by atomic mass is 35.5. The number of fused-ring (bicyclic) bond motifs is 1. The second kappa shape index (κ2) is 6.31. The number of aromatic amines is 1. The Labute approximate surface area is 140 Å².